The van der Waals surface area contributed by atoms with Gasteiger partial charge in [0.05, 0.1) is 29.5 Å². The molecule has 0 saturated carbocycles. The highest BCUT2D eigenvalue weighted by molar-refractivity contribution is 6.31. The van der Waals surface area contributed by atoms with Crippen LogP contribution in [-0.2, 0) is 0 Å². The number of aromatic nitrogens is 2. The molecule has 0 fully saturated rings. The molecule has 1 N–H and O–H groups in total. The Bertz CT molecular complexity index is 1360. The molecule has 0 unspecified atom stereocenters. The van der Waals surface area contributed by atoms with Crippen LogP contribution in [0.25, 0.3) is 27.4 Å². The molecule has 0 aliphatic carbocycles. The third-order valence-corrected chi connectivity index (χ3v) is 4.91. The molecule has 31 heavy (non-hydrogen) atoms. The van der Waals surface area contributed by atoms with Crippen LogP contribution in [0.15, 0.2) is 90.9 Å². The number of para-hydroxylation sites is 1. The predicted molar refractivity (Wildman–Crippen MR) is 127 cm³/mol. The number of nitrogens with zero attached hydrogens (tertiary/aromatic N) is 2. The summed E-state index contributed by atoms with van der Waals surface area (Å²) in [6.07, 6.45) is 3.14. The van der Waals surface area contributed by atoms with Crippen molar-refractivity contribution in [3.8, 4) is 5.75 Å². The zero-order valence-electron chi connectivity index (χ0n) is 16.8. The summed E-state index contributed by atoms with van der Waals surface area (Å²) in [4.78, 5) is 9.03. The summed E-state index contributed by atoms with van der Waals surface area (Å²) < 4.78 is 19.5. The van der Waals surface area contributed by atoms with Gasteiger partial charge in [-0.1, -0.05) is 43.0 Å². The smallest absolute Gasteiger partial charge is 0.125 e. The van der Waals surface area contributed by atoms with Gasteiger partial charge in [-0.3, -0.25) is 4.98 Å². The van der Waals surface area contributed by atoms with Gasteiger partial charge in [-0.25, -0.2) is 9.37 Å². The number of nitrogens with one attached hydrogen (secondary N) is 1. The van der Waals surface area contributed by atoms with Crippen molar-refractivity contribution in [3.05, 3.63) is 96.6 Å². The Kier molecular flexibility index (Phi) is 5.69. The highest BCUT2D eigenvalue weighted by atomic mass is 35.5. The molecule has 0 spiro atoms. The summed E-state index contributed by atoms with van der Waals surface area (Å²) in [5, 5.41) is 5.46. The number of fused-ring (bicyclic) bond motifs is 2. The fourth-order valence-corrected chi connectivity index (χ4v) is 3.48. The average molecular weight is 432 g/mol. The van der Waals surface area contributed by atoms with Gasteiger partial charge in [-0.05, 0) is 36.4 Å². The molecule has 0 aliphatic heterocycles. The summed E-state index contributed by atoms with van der Waals surface area (Å²) in [6.45, 7) is 7.04. The maximum absolute atomic E-state index is 14.2. The first-order valence-electron chi connectivity index (χ1n) is 9.47. The summed E-state index contributed by atoms with van der Waals surface area (Å²) >= 11 is 5.91. The van der Waals surface area contributed by atoms with Crippen molar-refractivity contribution in [2.45, 2.75) is 0 Å². The van der Waals surface area contributed by atoms with Gasteiger partial charge in [0.2, 0.25) is 0 Å². The van der Waals surface area contributed by atoms with Gasteiger partial charge >= 0.3 is 0 Å². The third-order valence-electron chi connectivity index (χ3n) is 4.80. The van der Waals surface area contributed by atoms with Gasteiger partial charge in [0.15, 0.2) is 0 Å². The maximum atomic E-state index is 14.2. The van der Waals surface area contributed by atoms with Crippen molar-refractivity contribution in [1.29, 1.82) is 0 Å². The molecule has 0 saturated heterocycles. The molecule has 4 rings (SSSR count). The lowest BCUT2D eigenvalue weighted by Crippen LogP contribution is -1.98. The normalized spacial score (nSPS) is 11.5. The Morgan fingerprint density at radius 2 is 1.81 bits per heavy atom. The van der Waals surface area contributed by atoms with E-state index >= 15 is 0 Å². The number of hydrogen-bond acceptors (Lipinski definition) is 4. The first kappa shape index (κ1) is 20.6. The molecule has 0 radical (unpaired) electrons. The summed E-state index contributed by atoms with van der Waals surface area (Å²) in [5.74, 6) is 0.0864. The number of methoxy groups -OCH3 is 1. The molecule has 6 heteroatoms. The van der Waals surface area contributed by atoms with E-state index in [-0.39, 0.29) is 10.6 Å². The molecule has 0 amide bonds. The fraction of sp³-hybridized carbons (Fsp3) is 0.0400. The second kappa shape index (κ2) is 8.58. The predicted octanol–water partition coefficient (Wildman–Crippen LogP) is 7.15. The quantitative estimate of drug-likeness (QED) is 0.329. The number of hydrogen-bond donors (Lipinski definition) is 1. The largest absolute Gasteiger partial charge is 0.497 e. The molecule has 0 bridgehead atoms. The minimum absolute atomic E-state index is 0.179. The van der Waals surface area contributed by atoms with E-state index in [4.69, 9.17) is 16.3 Å². The van der Waals surface area contributed by atoms with Crippen molar-refractivity contribution in [3.63, 3.8) is 0 Å². The van der Waals surface area contributed by atoms with Crippen LogP contribution in [0, 0.1) is 0 Å². The lowest BCUT2D eigenvalue weighted by Gasteiger charge is -2.15. The second-order valence-corrected chi connectivity index (χ2v) is 7.33. The topological polar surface area (TPSA) is 47.0 Å². The minimum atomic E-state index is -0.642. The van der Waals surface area contributed by atoms with Gasteiger partial charge in [0.1, 0.15) is 11.6 Å². The molecular weight excluding hydrogens is 413 g/mol. The number of anilines is 2. The van der Waals surface area contributed by atoms with E-state index in [1.165, 1.54) is 6.08 Å². The molecule has 2 heterocycles. The van der Waals surface area contributed by atoms with Crippen molar-refractivity contribution < 1.29 is 9.13 Å². The number of allylic oxidation sites excluding steroid dienone is 4. The SMILES string of the molecule is C=C(Cl)/C=C(\C(=C)F)c1cc(Nc2ccnc3cc(OC)ccc23)c2ccccc2n1. The van der Waals surface area contributed by atoms with Crippen LogP contribution in [0.3, 0.4) is 0 Å². The van der Waals surface area contributed by atoms with E-state index in [2.05, 4.69) is 28.4 Å². The molecule has 0 atom stereocenters. The number of ether oxygens (including phenoxy) is 1. The van der Waals surface area contributed by atoms with Crippen LogP contribution < -0.4 is 10.1 Å². The standard InChI is InChI=1S/C25H19ClFN3O/c1-15(26)12-20(16(2)27)25-14-24(18-6-4-5-7-21(18)29-25)30-22-10-11-28-23-13-17(31-3)8-9-19(22)23/h4-14H,1-2H2,3H3,(H,28,29,30)/b20-12+. The molecule has 4 nitrogen and oxygen atoms in total. The first-order chi connectivity index (χ1) is 15.0. The van der Waals surface area contributed by atoms with Crippen molar-refractivity contribution in [2.24, 2.45) is 0 Å². The Labute approximate surface area is 184 Å². The van der Waals surface area contributed by atoms with Crippen LogP contribution in [0.5, 0.6) is 5.75 Å². The lowest BCUT2D eigenvalue weighted by molar-refractivity contribution is 0.415. The molecule has 2 aromatic heterocycles. The van der Waals surface area contributed by atoms with Crippen molar-refractivity contribution >= 4 is 50.4 Å². The van der Waals surface area contributed by atoms with Crippen molar-refractivity contribution in [1.82, 2.24) is 9.97 Å². The van der Waals surface area contributed by atoms with Crippen LogP contribution in [0.1, 0.15) is 5.69 Å². The summed E-state index contributed by atoms with van der Waals surface area (Å²) in [7, 11) is 1.62. The minimum Gasteiger partial charge on any atom is -0.497 e. The van der Waals surface area contributed by atoms with E-state index in [0.717, 1.165) is 33.4 Å². The Morgan fingerprint density at radius 3 is 2.55 bits per heavy atom. The van der Waals surface area contributed by atoms with E-state index < -0.39 is 5.83 Å². The monoisotopic (exact) mass is 431 g/mol. The van der Waals surface area contributed by atoms with Crippen LogP contribution >= 0.6 is 11.6 Å². The van der Waals surface area contributed by atoms with Crippen molar-refractivity contribution in [2.75, 3.05) is 12.4 Å². The Morgan fingerprint density at radius 1 is 1.03 bits per heavy atom. The Balaban J connectivity index is 1.89. The molecule has 154 valence electrons. The second-order valence-electron chi connectivity index (χ2n) is 6.85. The zero-order chi connectivity index (χ0) is 22.0. The number of pyridine rings is 2. The summed E-state index contributed by atoms with van der Waals surface area (Å²) in [6, 6.07) is 17.0. The zero-order valence-corrected chi connectivity index (χ0v) is 17.6. The van der Waals surface area contributed by atoms with Gasteiger partial charge in [-0.2, -0.15) is 0 Å². The van der Waals surface area contributed by atoms with Gasteiger partial charge in [-0.15, -0.1) is 0 Å². The number of benzene rings is 2. The maximum Gasteiger partial charge on any atom is 0.125 e. The van der Waals surface area contributed by atoms with E-state index in [0.29, 0.717) is 11.2 Å². The van der Waals surface area contributed by atoms with Gasteiger partial charge in [0.25, 0.3) is 0 Å². The summed E-state index contributed by atoms with van der Waals surface area (Å²) in [5.41, 5.74) is 3.68. The number of rotatable bonds is 6. The van der Waals surface area contributed by atoms with E-state index in [9.17, 15) is 4.39 Å². The number of halogens is 2. The van der Waals surface area contributed by atoms with Gasteiger partial charge < -0.3 is 10.1 Å². The molecule has 0 aliphatic rings. The average Bonchev–Trinajstić information content (AvgIpc) is 2.76. The first-order valence-corrected chi connectivity index (χ1v) is 9.85. The highest BCUT2D eigenvalue weighted by Gasteiger charge is 2.13. The fourth-order valence-electron chi connectivity index (χ4n) is 3.37. The van der Waals surface area contributed by atoms with E-state index in [1.54, 1.807) is 19.4 Å². The van der Waals surface area contributed by atoms with Crippen LogP contribution in [-0.4, -0.2) is 17.1 Å². The van der Waals surface area contributed by atoms with Gasteiger partial charge in [0, 0.05) is 39.3 Å². The van der Waals surface area contributed by atoms with E-state index in [1.807, 2.05) is 48.5 Å². The highest BCUT2D eigenvalue weighted by Crippen LogP contribution is 2.34. The van der Waals surface area contributed by atoms with Crippen LogP contribution in [0.2, 0.25) is 0 Å². The van der Waals surface area contributed by atoms with Crippen LogP contribution in [0.4, 0.5) is 15.8 Å². The Hall–Kier alpha value is -3.70. The molecular formula is C25H19ClFN3O. The molecule has 2 aromatic carbocycles. The third kappa shape index (κ3) is 4.27. The lowest BCUT2D eigenvalue weighted by atomic mass is 10.1. The molecule has 4 aromatic rings.